The Bertz CT molecular complexity index is 229. The predicted octanol–water partition coefficient (Wildman–Crippen LogP) is 4.36. The van der Waals surface area contributed by atoms with Crippen molar-refractivity contribution in [3.05, 3.63) is 0 Å². The number of unbranched alkanes of at least 4 members (excludes halogenated alkanes) is 4. The third-order valence-electron chi connectivity index (χ3n) is 5.51. The molecule has 1 aliphatic carbocycles. The van der Waals surface area contributed by atoms with E-state index in [9.17, 15) is 0 Å². The monoisotopic (exact) mass is 302 g/mol. The first kappa shape index (κ1) is 18.3. The van der Waals surface area contributed by atoms with Gasteiger partial charge in [0, 0.05) is 0 Å². The summed E-state index contributed by atoms with van der Waals surface area (Å²) in [6.07, 6.45) is 17.3. The van der Waals surface area contributed by atoms with Crippen molar-refractivity contribution < 1.29 is 0 Å². The summed E-state index contributed by atoms with van der Waals surface area (Å²) in [5, 5.41) is 0. The van der Waals surface area contributed by atoms with Crippen LogP contribution >= 0.6 is 12.4 Å². The zero-order valence-corrected chi connectivity index (χ0v) is 14.1. The summed E-state index contributed by atoms with van der Waals surface area (Å²) in [6, 6.07) is 0. The molecule has 0 atom stereocenters. The summed E-state index contributed by atoms with van der Waals surface area (Å²) in [5.41, 5.74) is 6.29. The van der Waals surface area contributed by atoms with E-state index in [1.807, 2.05) is 0 Å². The van der Waals surface area contributed by atoms with Crippen LogP contribution in [0.15, 0.2) is 0 Å². The lowest BCUT2D eigenvalue weighted by atomic mass is 9.68. The second-order valence-electron chi connectivity index (χ2n) is 6.96. The normalized spacial score (nSPS) is 22.6. The van der Waals surface area contributed by atoms with Crippen molar-refractivity contribution in [1.82, 2.24) is 4.90 Å². The number of nitrogens with zero attached hydrogens (tertiary/aromatic N) is 1. The van der Waals surface area contributed by atoms with Crippen LogP contribution in [0.5, 0.6) is 0 Å². The molecule has 1 saturated heterocycles. The van der Waals surface area contributed by atoms with Gasteiger partial charge in [-0.25, -0.2) is 0 Å². The summed E-state index contributed by atoms with van der Waals surface area (Å²) >= 11 is 0. The van der Waals surface area contributed by atoms with E-state index in [2.05, 4.69) is 4.90 Å². The molecule has 3 heteroatoms. The van der Waals surface area contributed by atoms with Gasteiger partial charge in [0.2, 0.25) is 0 Å². The van der Waals surface area contributed by atoms with E-state index in [1.54, 1.807) is 0 Å². The van der Waals surface area contributed by atoms with Crippen molar-refractivity contribution >= 4 is 12.4 Å². The van der Waals surface area contributed by atoms with Crippen LogP contribution in [-0.4, -0.2) is 31.1 Å². The summed E-state index contributed by atoms with van der Waals surface area (Å²) in [5.74, 6) is 0. The number of piperidine rings is 1. The maximum atomic E-state index is 5.52. The van der Waals surface area contributed by atoms with Gasteiger partial charge in [-0.2, -0.15) is 0 Å². The van der Waals surface area contributed by atoms with Crippen LogP contribution in [0, 0.1) is 5.41 Å². The SMILES string of the molecule is Cl.NCCCCCCCN1CCC2(CCCCC2)CC1. The summed E-state index contributed by atoms with van der Waals surface area (Å²) in [6.45, 7) is 4.97. The lowest BCUT2D eigenvalue weighted by Crippen LogP contribution is -2.41. The molecular weight excluding hydrogens is 268 g/mol. The van der Waals surface area contributed by atoms with Crippen LogP contribution in [0.2, 0.25) is 0 Å². The average Bonchev–Trinajstić information content (AvgIpc) is 2.46. The van der Waals surface area contributed by atoms with Crippen molar-refractivity contribution in [2.45, 2.75) is 77.0 Å². The Kier molecular flexibility index (Phi) is 9.15. The topological polar surface area (TPSA) is 29.3 Å². The molecule has 2 rings (SSSR count). The number of hydrogen-bond donors (Lipinski definition) is 1. The Morgan fingerprint density at radius 2 is 1.35 bits per heavy atom. The molecule has 1 spiro atoms. The highest BCUT2D eigenvalue weighted by Crippen LogP contribution is 2.44. The quantitative estimate of drug-likeness (QED) is 0.708. The van der Waals surface area contributed by atoms with Gasteiger partial charge in [0.05, 0.1) is 0 Å². The van der Waals surface area contributed by atoms with Gasteiger partial charge in [-0.05, 0) is 70.1 Å². The van der Waals surface area contributed by atoms with Crippen LogP contribution < -0.4 is 5.73 Å². The van der Waals surface area contributed by atoms with E-state index >= 15 is 0 Å². The highest BCUT2D eigenvalue weighted by Gasteiger charge is 2.35. The molecule has 2 nitrogen and oxygen atoms in total. The van der Waals surface area contributed by atoms with Crippen LogP contribution in [-0.2, 0) is 0 Å². The first-order chi connectivity index (χ1) is 9.35. The molecule has 0 radical (unpaired) electrons. The first-order valence-electron chi connectivity index (χ1n) is 8.77. The third kappa shape index (κ3) is 5.91. The second-order valence-corrected chi connectivity index (χ2v) is 6.96. The van der Waals surface area contributed by atoms with Gasteiger partial charge >= 0.3 is 0 Å². The van der Waals surface area contributed by atoms with Crippen LogP contribution in [0.1, 0.15) is 77.0 Å². The summed E-state index contributed by atoms with van der Waals surface area (Å²) in [4.78, 5) is 2.72. The van der Waals surface area contributed by atoms with E-state index in [0.717, 1.165) is 12.0 Å². The predicted molar refractivity (Wildman–Crippen MR) is 90.6 cm³/mol. The zero-order valence-electron chi connectivity index (χ0n) is 13.2. The van der Waals surface area contributed by atoms with Crippen molar-refractivity contribution in [2.75, 3.05) is 26.2 Å². The van der Waals surface area contributed by atoms with E-state index in [-0.39, 0.29) is 12.4 Å². The Labute approximate surface area is 132 Å². The summed E-state index contributed by atoms with van der Waals surface area (Å²) < 4.78 is 0. The zero-order chi connectivity index (χ0) is 13.4. The fourth-order valence-corrected chi connectivity index (χ4v) is 4.06. The Hall–Kier alpha value is 0.210. The van der Waals surface area contributed by atoms with Gasteiger partial charge in [0.25, 0.3) is 0 Å². The highest BCUT2D eigenvalue weighted by molar-refractivity contribution is 5.85. The van der Waals surface area contributed by atoms with Crippen molar-refractivity contribution in [1.29, 1.82) is 0 Å². The summed E-state index contributed by atoms with van der Waals surface area (Å²) in [7, 11) is 0. The molecule has 0 aromatic carbocycles. The minimum absolute atomic E-state index is 0. The number of halogens is 1. The standard InChI is InChI=1S/C17H34N2.ClH/c18-13-7-2-1-3-8-14-19-15-11-17(12-16-19)9-5-4-6-10-17;/h1-16,18H2;1H. The Balaban J connectivity index is 0.00000200. The van der Waals surface area contributed by atoms with E-state index < -0.39 is 0 Å². The molecule has 2 N–H and O–H groups in total. The maximum absolute atomic E-state index is 5.52. The van der Waals surface area contributed by atoms with Crippen LogP contribution in [0.3, 0.4) is 0 Å². The minimum atomic E-state index is 0. The van der Waals surface area contributed by atoms with E-state index in [4.69, 9.17) is 5.73 Å². The molecular formula is C17H35ClN2. The Morgan fingerprint density at radius 1 is 0.750 bits per heavy atom. The molecule has 0 bridgehead atoms. The number of rotatable bonds is 7. The van der Waals surface area contributed by atoms with Gasteiger partial charge in [0.1, 0.15) is 0 Å². The molecule has 0 unspecified atom stereocenters. The second kappa shape index (κ2) is 10.0. The molecule has 2 fully saturated rings. The van der Waals surface area contributed by atoms with Crippen LogP contribution in [0.4, 0.5) is 0 Å². The third-order valence-corrected chi connectivity index (χ3v) is 5.51. The van der Waals surface area contributed by atoms with Gasteiger partial charge in [0.15, 0.2) is 0 Å². The first-order valence-corrected chi connectivity index (χ1v) is 8.77. The molecule has 0 aromatic heterocycles. The number of hydrogen-bond acceptors (Lipinski definition) is 2. The van der Waals surface area contributed by atoms with Crippen molar-refractivity contribution in [3.8, 4) is 0 Å². The molecule has 0 aromatic rings. The molecule has 1 aliphatic heterocycles. The van der Waals surface area contributed by atoms with Gasteiger partial charge in [-0.15, -0.1) is 12.4 Å². The molecule has 20 heavy (non-hydrogen) atoms. The largest absolute Gasteiger partial charge is 0.330 e. The number of likely N-dealkylation sites (tertiary alicyclic amines) is 1. The molecule has 1 heterocycles. The van der Waals surface area contributed by atoms with Gasteiger partial charge in [-0.1, -0.05) is 38.5 Å². The van der Waals surface area contributed by atoms with Crippen molar-refractivity contribution in [3.63, 3.8) is 0 Å². The van der Waals surface area contributed by atoms with Gasteiger partial charge in [-0.3, -0.25) is 0 Å². The Morgan fingerprint density at radius 3 is 2.00 bits per heavy atom. The fraction of sp³-hybridized carbons (Fsp3) is 1.00. The minimum Gasteiger partial charge on any atom is -0.330 e. The fourth-order valence-electron chi connectivity index (χ4n) is 4.06. The average molecular weight is 303 g/mol. The number of nitrogens with two attached hydrogens (primary N) is 1. The smallest absolute Gasteiger partial charge is 0.00134 e. The molecule has 1 saturated carbocycles. The highest BCUT2D eigenvalue weighted by atomic mass is 35.5. The maximum Gasteiger partial charge on any atom is -0.00134 e. The van der Waals surface area contributed by atoms with Gasteiger partial charge < -0.3 is 10.6 Å². The van der Waals surface area contributed by atoms with Crippen molar-refractivity contribution in [2.24, 2.45) is 11.1 Å². The van der Waals surface area contributed by atoms with Crippen LogP contribution in [0.25, 0.3) is 0 Å². The molecule has 2 aliphatic rings. The molecule has 120 valence electrons. The van der Waals surface area contributed by atoms with E-state index in [1.165, 1.54) is 96.7 Å². The lowest BCUT2D eigenvalue weighted by molar-refractivity contribution is 0.0670. The van der Waals surface area contributed by atoms with E-state index in [0.29, 0.717) is 0 Å². The molecule has 0 amide bonds. The lowest BCUT2D eigenvalue weighted by Gasteiger charge is -2.44.